The van der Waals surface area contributed by atoms with E-state index in [1.165, 1.54) is 71.4 Å². The summed E-state index contributed by atoms with van der Waals surface area (Å²) in [5.74, 6) is 1.89. The molecular weight excluding hydrogens is 281 g/mol. The molecule has 1 atom stereocenters. The van der Waals surface area contributed by atoms with E-state index >= 15 is 0 Å². The van der Waals surface area contributed by atoms with Gasteiger partial charge in [-0.05, 0) is 83.7 Å². The average molecular weight is 312 g/mol. The largest absolute Gasteiger partial charge is 0.320 e. The van der Waals surface area contributed by atoms with Crippen LogP contribution < -0.4 is 10.6 Å². The minimum absolute atomic E-state index is 0. The summed E-state index contributed by atoms with van der Waals surface area (Å²) in [5.41, 5.74) is 0. The molecule has 2 N–H and O–H groups in total. The Balaban J connectivity index is 0.00000162. The lowest BCUT2D eigenvalue weighted by molar-refractivity contribution is 0.146. The first kappa shape index (κ1) is 19.5. The fraction of sp³-hybridized carbons (Fsp3) is 1.00. The third-order valence-electron chi connectivity index (χ3n) is 4.43. The third kappa shape index (κ3) is 7.14. The van der Waals surface area contributed by atoms with Crippen molar-refractivity contribution in [3.8, 4) is 0 Å². The molecule has 2 heterocycles. The van der Waals surface area contributed by atoms with Crippen LogP contribution >= 0.6 is 24.8 Å². The molecule has 0 aromatic carbocycles. The average Bonchev–Trinajstić information content (AvgIpc) is 2.39. The fourth-order valence-corrected chi connectivity index (χ4v) is 3.25. The van der Waals surface area contributed by atoms with Gasteiger partial charge < -0.3 is 15.5 Å². The summed E-state index contributed by atoms with van der Waals surface area (Å²) in [7, 11) is 2.06. The predicted molar refractivity (Wildman–Crippen MR) is 87.8 cm³/mol. The van der Waals surface area contributed by atoms with Gasteiger partial charge in [0.1, 0.15) is 0 Å². The van der Waals surface area contributed by atoms with Crippen molar-refractivity contribution in [1.29, 1.82) is 0 Å². The summed E-state index contributed by atoms with van der Waals surface area (Å²) in [4.78, 5) is 2.70. The van der Waals surface area contributed by atoms with Gasteiger partial charge in [-0.25, -0.2) is 0 Å². The summed E-state index contributed by atoms with van der Waals surface area (Å²) < 4.78 is 0. The van der Waals surface area contributed by atoms with Crippen LogP contribution in [0.25, 0.3) is 0 Å². The molecular formula is C14H31Cl2N3. The lowest BCUT2D eigenvalue weighted by atomic mass is 9.92. The van der Waals surface area contributed by atoms with Crippen LogP contribution in [0.1, 0.15) is 32.1 Å². The molecule has 0 saturated carbocycles. The molecule has 5 heteroatoms. The normalized spacial score (nSPS) is 25.4. The monoisotopic (exact) mass is 311 g/mol. The van der Waals surface area contributed by atoms with Gasteiger partial charge in [-0.15, -0.1) is 24.8 Å². The van der Waals surface area contributed by atoms with Crippen molar-refractivity contribution in [3.05, 3.63) is 0 Å². The first-order valence-electron chi connectivity index (χ1n) is 7.46. The molecule has 0 bridgehead atoms. The molecule has 2 saturated heterocycles. The summed E-state index contributed by atoms with van der Waals surface area (Å²) in [6, 6.07) is 0. The molecule has 0 amide bonds. The van der Waals surface area contributed by atoms with Crippen molar-refractivity contribution in [2.45, 2.75) is 32.1 Å². The van der Waals surface area contributed by atoms with Gasteiger partial charge in [-0.2, -0.15) is 0 Å². The lowest BCUT2D eigenvalue weighted by Gasteiger charge is -2.35. The van der Waals surface area contributed by atoms with E-state index in [0.29, 0.717) is 0 Å². The Bertz CT molecular complexity index is 203. The number of likely N-dealkylation sites (tertiary alicyclic amines) is 1. The maximum Gasteiger partial charge on any atom is 0.00218 e. The molecule has 2 rings (SSSR count). The second kappa shape index (κ2) is 11.2. The number of nitrogens with zero attached hydrogens (tertiary/aromatic N) is 1. The number of rotatable bonds is 5. The Labute approximate surface area is 131 Å². The first-order chi connectivity index (χ1) is 8.38. The van der Waals surface area contributed by atoms with Gasteiger partial charge in [0.15, 0.2) is 0 Å². The van der Waals surface area contributed by atoms with Gasteiger partial charge in [0, 0.05) is 6.54 Å². The lowest BCUT2D eigenvalue weighted by Crippen LogP contribution is -2.42. The number of hydrogen-bond acceptors (Lipinski definition) is 3. The van der Waals surface area contributed by atoms with Crippen LogP contribution in [0.3, 0.4) is 0 Å². The van der Waals surface area contributed by atoms with Gasteiger partial charge >= 0.3 is 0 Å². The van der Waals surface area contributed by atoms with Crippen LogP contribution in [0.4, 0.5) is 0 Å². The van der Waals surface area contributed by atoms with Crippen molar-refractivity contribution in [3.63, 3.8) is 0 Å². The molecule has 0 spiro atoms. The van der Waals surface area contributed by atoms with Crippen molar-refractivity contribution in [1.82, 2.24) is 15.5 Å². The van der Waals surface area contributed by atoms with Crippen LogP contribution in [-0.2, 0) is 0 Å². The molecule has 2 fully saturated rings. The Hall–Kier alpha value is 0.460. The molecule has 0 aliphatic carbocycles. The van der Waals surface area contributed by atoms with E-state index in [0.717, 1.165) is 11.8 Å². The zero-order valence-electron chi connectivity index (χ0n) is 12.2. The van der Waals surface area contributed by atoms with Crippen LogP contribution in [0, 0.1) is 11.8 Å². The topological polar surface area (TPSA) is 27.3 Å². The van der Waals surface area contributed by atoms with E-state index in [-0.39, 0.29) is 24.8 Å². The molecule has 0 aromatic rings. The van der Waals surface area contributed by atoms with E-state index in [1.807, 2.05) is 0 Å². The predicted octanol–water partition coefficient (Wildman–Crippen LogP) is 2.15. The summed E-state index contributed by atoms with van der Waals surface area (Å²) >= 11 is 0. The highest BCUT2D eigenvalue weighted by molar-refractivity contribution is 5.85. The van der Waals surface area contributed by atoms with Crippen LogP contribution in [0.5, 0.6) is 0 Å². The maximum atomic E-state index is 3.53. The van der Waals surface area contributed by atoms with Gasteiger partial charge in [0.2, 0.25) is 0 Å². The van der Waals surface area contributed by atoms with Crippen LogP contribution in [-0.4, -0.2) is 51.2 Å². The van der Waals surface area contributed by atoms with Crippen molar-refractivity contribution >= 4 is 24.8 Å². The Morgan fingerprint density at radius 3 is 2.42 bits per heavy atom. The number of piperidine rings is 2. The quantitative estimate of drug-likeness (QED) is 0.814. The van der Waals surface area contributed by atoms with Crippen LogP contribution in [0.2, 0.25) is 0 Å². The molecule has 3 nitrogen and oxygen atoms in total. The molecule has 1 unspecified atom stereocenters. The smallest absolute Gasteiger partial charge is 0.00218 e. The molecule has 0 aromatic heterocycles. The Morgan fingerprint density at radius 2 is 1.84 bits per heavy atom. The van der Waals surface area contributed by atoms with E-state index in [1.54, 1.807) is 0 Å². The van der Waals surface area contributed by atoms with E-state index < -0.39 is 0 Å². The molecule has 19 heavy (non-hydrogen) atoms. The zero-order valence-corrected chi connectivity index (χ0v) is 13.8. The minimum Gasteiger partial charge on any atom is -0.320 e. The number of nitrogens with one attached hydrogen (secondary N) is 2. The highest BCUT2D eigenvalue weighted by Crippen LogP contribution is 2.21. The summed E-state index contributed by atoms with van der Waals surface area (Å²) in [6.45, 7) is 7.70. The zero-order chi connectivity index (χ0) is 11.9. The van der Waals surface area contributed by atoms with Crippen molar-refractivity contribution in [2.75, 3.05) is 46.3 Å². The molecule has 2 aliphatic heterocycles. The Kier molecular flexibility index (Phi) is 11.4. The molecule has 0 radical (unpaired) electrons. The SMILES string of the molecule is CNCCC1CCN(CC2CCCNC2)CC1.Cl.Cl. The molecule has 116 valence electrons. The summed E-state index contributed by atoms with van der Waals surface area (Å²) in [6.07, 6.45) is 7.02. The number of halogens is 2. The second-order valence-corrected chi connectivity index (χ2v) is 5.85. The fourth-order valence-electron chi connectivity index (χ4n) is 3.25. The van der Waals surface area contributed by atoms with Gasteiger partial charge in [0.25, 0.3) is 0 Å². The second-order valence-electron chi connectivity index (χ2n) is 5.85. The minimum atomic E-state index is 0. The van der Waals surface area contributed by atoms with Crippen LogP contribution in [0.15, 0.2) is 0 Å². The van der Waals surface area contributed by atoms with Crippen molar-refractivity contribution < 1.29 is 0 Å². The maximum absolute atomic E-state index is 3.53. The molecule has 2 aliphatic rings. The number of hydrogen-bond donors (Lipinski definition) is 2. The third-order valence-corrected chi connectivity index (χ3v) is 4.43. The van der Waals surface area contributed by atoms with Gasteiger partial charge in [0.05, 0.1) is 0 Å². The Morgan fingerprint density at radius 1 is 1.11 bits per heavy atom. The first-order valence-corrected chi connectivity index (χ1v) is 7.46. The highest BCUT2D eigenvalue weighted by atomic mass is 35.5. The van der Waals surface area contributed by atoms with Crippen molar-refractivity contribution in [2.24, 2.45) is 11.8 Å². The van der Waals surface area contributed by atoms with E-state index in [2.05, 4.69) is 22.6 Å². The van der Waals surface area contributed by atoms with Gasteiger partial charge in [-0.1, -0.05) is 0 Å². The van der Waals surface area contributed by atoms with E-state index in [4.69, 9.17) is 0 Å². The van der Waals surface area contributed by atoms with Gasteiger partial charge in [-0.3, -0.25) is 0 Å². The standard InChI is InChI=1S/C14H29N3.2ClH/c1-15-8-4-13-5-9-17(10-6-13)12-14-3-2-7-16-11-14;;/h13-16H,2-12H2,1H3;2*1H. The van der Waals surface area contributed by atoms with E-state index in [9.17, 15) is 0 Å². The summed E-state index contributed by atoms with van der Waals surface area (Å²) in [5, 5.41) is 6.80. The highest BCUT2D eigenvalue weighted by Gasteiger charge is 2.22.